The molecular weight excluding hydrogens is 1320 g/mol. The topological polar surface area (TPSA) is 217 Å². The van der Waals surface area contributed by atoms with Gasteiger partial charge in [0.15, 0.2) is 23.3 Å². The first-order chi connectivity index (χ1) is 50.1. The number of fused-ring (bicyclic) bond motifs is 6. The molecule has 3 fully saturated rings. The van der Waals surface area contributed by atoms with Gasteiger partial charge in [-0.1, -0.05) is 0 Å². The maximum atomic E-state index is 15.0. The van der Waals surface area contributed by atoms with Gasteiger partial charge < -0.3 is 43.7 Å². The normalized spacial score (nSPS) is 19.9. The average molecular weight is 1400 g/mol. The van der Waals surface area contributed by atoms with Gasteiger partial charge in [-0.2, -0.15) is 0 Å². The van der Waals surface area contributed by atoms with Crippen molar-refractivity contribution >= 4 is 83.7 Å². The van der Waals surface area contributed by atoms with Crippen molar-refractivity contribution in [1.82, 2.24) is 44.9 Å². The number of carbonyl (C=O) groups is 3. The van der Waals surface area contributed by atoms with Crippen LogP contribution in [0.15, 0.2) is 134 Å². The van der Waals surface area contributed by atoms with Crippen molar-refractivity contribution in [3.8, 4) is 0 Å². The molecule has 0 amide bonds. The number of nitrogens with zero attached hydrogens (tertiary/aromatic N) is 9. The lowest BCUT2D eigenvalue weighted by molar-refractivity contribution is 0.0588. The molecule has 0 bridgehead atoms. The van der Waals surface area contributed by atoms with Crippen LogP contribution in [0.4, 0.5) is 17.6 Å². The van der Waals surface area contributed by atoms with Gasteiger partial charge in [0, 0.05) is 73.3 Å². The Balaban J connectivity index is 0.000000139. The van der Waals surface area contributed by atoms with Crippen molar-refractivity contribution in [2.75, 3.05) is 21.3 Å². The molecule has 3 N–H and O–H groups in total. The number of aromatic nitrogens is 9. The third-order valence-corrected chi connectivity index (χ3v) is 22.4. The summed E-state index contributed by atoms with van der Waals surface area (Å²) >= 11 is 0. The molecule has 3 aliphatic carbocycles. The standard InChI is InChI=1S/C28H27FN4O2.C27H24F2N4O2.C27H25FN4O2/c1-16-20(26(34)35-4)10-12-24-25(16)33-27(32-24)28(2,30-3)18-7-5-17(6-8-18)21-13-14-31-23-11-9-19(29)15-22(21)23;1-27(30-2,26-32-22-11-9-19(25(34)35-3)23(29)24(22)33-26)16-6-4-15(5-7-16)18-12-13-31-21-10-8-17(28)14-20(18)21;1-27(29-2,26-31-23-10-6-17(25(33)34-3)14-24(23)32-26)18-7-4-16(5-8-18)20-12-13-30-22-11-9-19(28)15-21(20)22/h9-15,17-18H,5-8H2,1-2,4H3,(H,32,33);8-16H,4-7H2,1,3H3,(H,32,33);6,9-16,18H,4-5,7-8H2,1,3H3,(H,31,32). The van der Waals surface area contributed by atoms with Gasteiger partial charge in [-0.05, 0) is 239 Å². The quantitative estimate of drug-likeness (QED) is 0.0451. The zero-order valence-corrected chi connectivity index (χ0v) is 58.6. The molecule has 104 heavy (non-hydrogen) atoms. The molecule has 3 saturated carbocycles. The summed E-state index contributed by atoms with van der Waals surface area (Å²) in [6.45, 7) is 31.7. The number of ether oxygens (including phenoxy) is 3. The summed E-state index contributed by atoms with van der Waals surface area (Å²) in [5, 5.41) is 2.58. The zero-order chi connectivity index (χ0) is 73.4. The summed E-state index contributed by atoms with van der Waals surface area (Å²) in [7, 11) is 3.90. The third-order valence-electron chi connectivity index (χ3n) is 22.4. The van der Waals surface area contributed by atoms with E-state index < -0.39 is 40.3 Å². The first-order valence-corrected chi connectivity index (χ1v) is 34.9. The Morgan fingerprint density at radius 1 is 0.423 bits per heavy atom. The molecule has 18 nitrogen and oxygen atoms in total. The van der Waals surface area contributed by atoms with E-state index in [-0.39, 0.29) is 52.2 Å². The van der Waals surface area contributed by atoms with Gasteiger partial charge in [-0.25, -0.2) is 66.6 Å². The minimum Gasteiger partial charge on any atom is -0.465 e. The molecule has 12 aromatic rings. The Labute approximate surface area is 597 Å². The predicted molar refractivity (Wildman–Crippen MR) is 388 cm³/mol. The lowest BCUT2D eigenvalue weighted by Gasteiger charge is -2.33. The number of carbonyl (C=O) groups excluding carboxylic acids is 3. The van der Waals surface area contributed by atoms with Crippen molar-refractivity contribution in [2.24, 2.45) is 17.8 Å². The number of aryl methyl sites for hydroxylation is 1. The maximum Gasteiger partial charge on any atom is 0.340 e. The molecule has 0 radical (unpaired) electrons. The summed E-state index contributed by atoms with van der Waals surface area (Å²) in [5.74, 6) is -0.379. The molecule has 0 aliphatic heterocycles. The fourth-order valence-electron chi connectivity index (χ4n) is 16.2. The van der Waals surface area contributed by atoms with Crippen LogP contribution in [0, 0.1) is 67.7 Å². The van der Waals surface area contributed by atoms with E-state index in [9.17, 15) is 31.9 Å². The van der Waals surface area contributed by atoms with E-state index in [0.29, 0.717) is 57.0 Å². The van der Waals surface area contributed by atoms with Crippen LogP contribution in [0.3, 0.4) is 0 Å². The molecule has 0 spiro atoms. The second-order valence-corrected chi connectivity index (χ2v) is 28.0. The Morgan fingerprint density at radius 2 is 0.779 bits per heavy atom. The number of halogens is 4. The molecule has 6 aromatic carbocycles. The molecule has 0 saturated heterocycles. The largest absolute Gasteiger partial charge is 0.465 e. The number of esters is 3. The molecule has 3 atom stereocenters. The minimum absolute atomic E-state index is 0.00443. The van der Waals surface area contributed by atoms with Crippen LogP contribution >= 0.6 is 0 Å². The molecule has 3 aliphatic rings. The van der Waals surface area contributed by atoms with Crippen molar-refractivity contribution in [3.05, 3.63) is 248 Å². The highest BCUT2D eigenvalue weighted by Gasteiger charge is 2.50. The van der Waals surface area contributed by atoms with E-state index in [1.807, 2.05) is 52.0 Å². The second kappa shape index (κ2) is 29.1. The third kappa shape index (κ3) is 13.3. The SMILES string of the molecule is [C-]#[N+]C(C)(c1nc2c(C)c(C(=O)OC)ccc2[nH]1)C1CCC(c2ccnc3ccc(F)cc23)CC1.[C-]#[N+]C(C)(c1nc2c(F)c(C(=O)OC)ccc2[nH]1)C1CCC(c2ccnc3ccc(F)cc23)CC1.[C-]#[N+]C(C)(c1nc2ccc(C(=O)OC)cc2[nH]1)C1CCC(c2ccnc3ccc(F)cc23)CC1. The molecular formula is C82H76F4N12O6. The Hall–Kier alpha value is -11.4. The van der Waals surface area contributed by atoms with E-state index in [1.54, 1.807) is 85.3 Å². The number of imidazole rings is 3. The summed E-state index contributed by atoms with van der Waals surface area (Å²) < 4.78 is 71.1. The highest BCUT2D eigenvalue weighted by molar-refractivity contribution is 5.97. The van der Waals surface area contributed by atoms with Crippen molar-refractivity contribution in [3.63, 3.8) is 0 Å². The van der Waals surface area contributed by atoms with Crippen LogP contribution in [0.5, 0.6) is 0 Å². The highest BCUT2D eigenvalue weighted by Crippen LogP contribution is 2.50. The molecule has 3 unspecified atom stereocenters. The average Bonchev–Trinajstić information content (AvgIpc) is 1.58. The number of aromatic amines is 3. The van der Waals surface area contributed by atoms with Crippen LogP contribution in [-0.2, 0) is 30.8 Å². The number of benzene rings is 6. The summed E-state index contributed by atoms with van der Waals surface area (Å²) in [5.41, 5.74) is 7.99. The maximum absolute atomic E-state index is 15.0. The lowest BCUT2D eigenvalue weighted by atomic mass is 9.70. The monoisotopic (exact) mass is 1400 g/mol. The second-order valence-electron chi connectivity index (χ2n) is 28.0. The van der Waals surface area contributed by atoms with E-state index in [0.717, 1.165) is 143 Å². The van der Waals surface area contributed by atoms with E-state index >= 15 is 0 Å². The molecule has 528 valence electrons. The number of rotatable bonds is 12. The Bertz CT molecular complexity index is 5230. The number of hydrogen-bond acceptors (Lipinski definition) is 12. The van der Waals surface area contributed by atoms with Crippen LogP contribution in [0.1, 0.15) is 186 Å². The predicted octanol–water partition coefficient (Wildman–Crippen LogP) is 18.9. The van der Waals surface area contributed by atoms with Crippen molar-refractivity contribution < 1.29 is 46.2 Å². The van der Waals surface area contributed by atoms with Gasteiger partial charge in [0.05, 0.1) is 82.2 Å². The fourth-order valence-corrected chi connectivity index (χ4v) is 16.2. The number of methoxy groups -OCH3 is 3. The van der Waals surface area contributed by atoms with E-state index in [4.69, 9.17) is 39.2 Å². The lowest BCUT2D eigenvalue weighted by Crippen LogP contribution is -2.33. The smallest absolute Gasteiger partial charge is 0.340 e. The van der Waals surface area contributed by atoms with Crippen LogP contribution < -0.4 is 0 Å². The summed E-state index contributed by atoms with van der Waals surface area (Å²) in [6, 6.07) is 31.8. The Morgan fingerprint density at radius 3 is 1.18 bits per heavy atom. The molecule has 22 heteroatoms. The van der Waals surface area contributed by atoms with Crippen molar-refractivity contribution in [1.29, 1.82) is 0 Å². The number of pyridine rings is 3. The van der Waals surface area contributed by atoms with Gasteiger partial charge in [0.25, 0.3) is 16.6 Å². The highest BCUT2D eigenvalue weighted by atomic mass is 19.1. The van der Waals surface area contributed by atoms with Crippen LogP contribution in [0.25, 0.3) is 80.3 Å². The molecule has 6 heterocycles. The number of hydrogen-bond donors (Lipinski definition) is 3. The van der Waals surface area contributed by atoms with Gasteiger partial charge >= 0.3 is 17.9 Å². The number of nitrogens with one attached hydrogen (secondary N) is 3. The van der Waals surface area contributed by atoms with Crippen molar-refractivity contribution in [2.45, 2.75) is 139 Å². The first-order valence-electron chi connectivity index (χ1n) is 34.9. The van der Waals surface area contributed by atoms with Gasteiger partial charge in [0.2, 0.25) is 0 Å². The Kier molecular flexibility index (Phi) is 19.9. The minimum atomic E-state index is -0.978. The summed E-state index contributed by atoms with van der Waals surface area (Å²) in [6.07, 6.45) is 15.7. The zero-order valence-electron chi connectivity index (χ0n) is 58.6. The molecule has 6 aromatic heterocycles. The van der Waals surface area contributed by atoms with Crippen LogP contribution in [-0.4, -0.2) is 84.1 Å². The number of H-pyrrole nitrogens is 3. The van der Waals surface area contributed by atoms with Crippen LogP contribution in [0.2, 0.25) is 0 Å². The summed E-state index contributed by atoms with van der Waals surface area (Å²) in [4.78, 5) is 84.8. The van der Waals surface area contributed by atoms with E-state index in [2.05, 4.69) is 54.2 Å². The van der Waals surface area contributed by atoms with Gasteiger partial charge in [-0.15, -0.1) is 0 Å². The van der Waals surface area contributed by atoms with E-state index in [1.165, 1.54) is 45.6 Å². The van der Waals surface area contributed by atoms with Gasteiger partial charge in [0.1, 0.15) is 23.0 Å². The molecule has 15 rings (SSSR count). The van der Waals surface area contributed by atoms with Gasteiger partial charge in [-0.3, -0.25) is 15.0 Å². The fraction of sp³-hybridized carbons (Fsp3) is 0.341. The first kappa shape index (κ1) is 71.0.